The summed E-state index contributed by atoms with van der Waals surface area (Å²) in [5.74, 6) is 1.09. The molecule has 1 aliphatic rings. The van der Waals surface area contributed by atoms with E-state index in [0.29, 0.717) is 12.3 Å². The molecule has 0 radical (unpaired) electrons. The second kappa shape index (κ2) is 7.66. The molecule has 1 unspecified atom stereocenters. The van der Waals surface area contributed by atoms with Gasteiger partial charge in [-0.2, -0.15) is 5.10 Å². The third-order valence-electron chi connectivity index (χ3n) is 4.96. The van der Waals surface area contributed by atoms with Gasteiger partial charge < -0.3 is 9.52 Å². The van der Waals surface area contributed by atoms with Crippen molar-refractivity contribution in [1.29, 1.82) is 0 Å². The molecule has 0 bridgehead atoms. The lowest BCUT2D eigenvalue weighted by Gasteiger charge is -2.26. The lowest BCUT2D eigenvalue weighted by molar-refractivity contribution is 0.171. The monoisotopic (exact) mass is 366 g/mol. The predicted molar refractivity (Wildman–Crippen MR) is 102 cm³/mol. The van der Waals surface area contributed by atoms with Gasteiger partial charge in [0.05, 0.1) is 23.6 Å². The first-order valence-corrected chi connectivity index (χ1v) is 9.54. The molecule has 3 heterocycles. The fourth-order valence-electron chi connectivity index (χ4n) is 3.47. The molecule has 0 fully saturated rings. The van der Waals surface area contributed by atoms with Gasteiger partial charge in [-0.3, -0.25) is 9.58 Å². The number of hydrogen-bond donors (Lipinski definition) is 1. The van der Waals surface area contributed by atoms with Gasteiger partial charge in [0.15, 0.2) is 5.89 Å². The number of fused-ring (bicyclic) bond motifs is 1. The van der Waals surface area contributed by atoms with Crippen molar-refractivity contribution in [2.75, 3.05) is 6.54 Å². The zero-order chi connectivity index (χ0) is 18.8. The average Bonchev–Trinajstić information content (AvgIpc) is 3.29. The molecule has 1 N–H and O–H groups in total. The first kappa shape index (κ1) is 17.9. The quantitative estimate of drug-likeness (QED) is 0.725. The number of aliphatic hydroxyl groups excluding tert-OH is 1. The summed E-state index contributed by atoms with van der Waals surface area (Å²) >= 11 is 0. The lowest BCUT2D eigenvalue weighted by atomic mass is 10.1. The van der Waals surface area contributed by atoms with Crippen LogP contribution in [0.4, 0.5) is 0 Å². The van der Waals surface area contributed by atoms with Crippen LogP contribution in [0.1, 0.15) is 54.4 Å². The molecule has 3 aromatic rings. The maximum Gasteiger partial charge on any atom is 0.196 e. The van der Waals surface area contributed by atoms with Gasteiger partial charge in [-0.05, 0) is 11.6 Å². The Morgan fingerprint density at radius 3 is 2.74 bits per heavy atom. The van der Waals surface area contributed by atoms with Crippen LogP contribution in [0.25, 0.3) is 0 Å². The zero-order valence-corrected chi connectivity index (χ0v) is 15.9. The number of oxazole rings is 1. The van der Waals surface area contributed by atoms with Crippen LogP contribution >= 0.6 is 0 Å². The Morgan fingerprint density at radius 2 is 2.00 bits per heavy atom. The van der Waals surface area contributed by atoms with Gasteiger partial charge in [-0.1, -0.05) is 44.2 Å². The van der Waals surface area contributed by atoms with Crippen LogP contribution in [0, 0.1) is 0 Å². The van der Waals surface area contributed by atoms with E-state index < -0.39 is 6.10 Å². The molecule has 27 heavy (non-hydrogen) atoms. The summed E-state index contributed by atoms with van der Waals surface area (Å²) in [6.07, 6.45) is 1.76. The number of nitrogens with zero attached hydrogens (tertiary/aromatic N) is 4. The van der Waals surface area contributed by atoms with E-state index in [9.17, 15) is 5.11 Å². The van der Waals surface area contributed by atoms with Crippen LogP contribution < -0.4 is 0 Å². The Balaban J connectivity index is 1.41. The molecule has 0 aliphatic carbocycles. The van der Waals surface area contributed by atoms with E-state index in [-0.39, 0.29) is 0 Å². The minimum absolute atomic E-state index is 0.301. The Kier molecular flexibility index (Phi) is 5.09. The van der Waals surface area contributed by atoms with Crippen molar-refractivity contribution in [3.63, 3.8) is 0 Å². The van der Waals surface area contributed by atoms with Gasteiger partial charge in [0.25, 0.3) is 0 Å². The second-order valence-corrected chi connectivity index (χ2v) is 7.53. The van der Waals surface area contributed by atoms with E-state index in [2.05, 4.69) is 28.8 Å². The molecule has 0 saturated heterocycles. The summed E-state index contributed by atoms with van der Waals surface area (Å²) in [4.78, 5) is 6.91. The summed E-state index contributed by atoms with van der Waals surface area (Å²) in [5, 5.41) is 15.2. The molecule has 0 spiro atoms. The molecule has 0 saturated carbocycles. The average molecular weight is 366 g/mol. The molecule has 4 rings (SSSR count). The van der Waals surface area contributed by atoms with Crippen LogP contribution in [-0.4, -0.2) is 31.3 Å². The van der Waals surface area contributed by atoms with Gasteiger partial charge in [0.2, 0.25) is 0 Å². The molecule has 6 nitrogen and oxygen atoms in total. The SMILES string of the molecule is CC(C)c1nc(CN2CCn3nc(C(O)Cc4ccccc4)cc3C2)co1. The number of aromatic nitrogens is 3. The van der Waals surface area contributed by atoms with E-state index >= 15 is 0 Å². The molecule has 2 aromatic heterocycles. The first-order chi connectivity index (χ1) is 13.1. The summed E-state index contributed by atoms with van der Waals surface area (Å²) in [7, 11) is 0. The fraction of sp³-hybridized carbons (Fsp3) is 0.429. The van der Waals surface area contributed by atoms with Crippen LogP contribution in [0.2, 0.25) is 0 Å². The summed E-state index contributed by atoms with van der Waals surface area (Å²) in [6.45, 7) is 7.46. The fourth-order valence-corrected chi connectivity index (χ4v) is 3.47. The predicted octanol–water partition coefficient (Wildman–Crippen LogP) is 3.29. The molecular formula is C21H26N4O2. The smallest absolute Gasteiger partial charge is 0.196 e. The highest BCUT2D eigenvalue weighted by Gasteiger charge is 2.22. The van der Waals surface area contributed by atoms with Gasteiger partial charge in [-0.25, -0.2) is 4.98 Å². The Hall–Kier alpha value is -2.44. The Bertz CT molecular complexity index is 885. The lowest BCUT2D eigenvalue weighted by Crippen LogP contribution is -2.33. The molecule has 1 atom stereocenters. The molecule has 142 valence electrons. The number of benzene rings is 1. The number of aliphatic hydroxyl groups is 1. The molecule has 1 aliphatic heterocycles. The van der Waals surface area contributed by atoms with E-state index in [1.54, 1.807) is 6.26 Å². The van der Waals surface area contributed by atoms with Gasteiger partial charge in [0, 0.05) is 32.0 Å². The van der Waals surface area contributed by atoms with Gasteiger partial charge in [-0.15, -0.1) is 0 Å². The van der Waals surface area contributed by atoms with E-state index in [1.165, 1.54) is 0 Å². The third-order valence-corrected chi connectivity index (χ3v) is 4.96. The second-order valence-electron chi connectivity index (χ2n) is 7.53. The molecule has 1 aromatic carbocycles. The van der Waals surface area contributed by atoms with Crippen molar-refractivity contribution in [3.8, 4) is 0 Å². The minimum Gasteiger partial charge on any atom is -0.448 e. The van der Waals surface area contributed by atoms with E-state index in [1.807, 2.05) is 41.1 Å². The summed E-state index contributed by atoms with van der Waals surface area (Å²) < 4.78 is 7.56. The Labute approximate surface area is 159 Å². The summed E-state index contributed by atoms with van der Waals surface area (Å²) in [6, 6.07) is 12.1. The van der Waals surface area contributed by atoms with Crippen molar-refractivity contribution in [3.05, 3.63) is 71.2 Å². The number of hydrogen-bond acceptors (Lipinski definition) is 5. The van der Waals surface area contributed by atoms with Crippen molar-refractivity contribution < 1.29 is 9.52 Å². The third kappa shape index (κ3) is 4.12. The highest BCUT2D eigenvalue weighted by Crippen LogP contribution is 2.22. The van der Waals surface area contributed by atoms with Crippen molar-refractivity contribution >= 4 is 0 Å². The molecule has 6 heteroatoms. The maximum absolute atomic E-state index is 10.6. The van der Waals surface area contributed by atoms with Gasteiger partial charge in [0.1, 0.15) is 12.4 Å². The van der Waals surface area contributed by atoms with Crippen molar-refractivity contribution in [2.24, 2.45) is 0 Å². The normalized spacial score (nSPS) is 15.9. The van der Waals surface area contributed by atoms with Crippen LogP contribution in [0.15, 0.2) is 47.1 Å². The topological polar surface area (TPSA) is 67.3 Å². The van der Waals surface area contributed by atoms with Crippen LogP contribution in [0.3, 0.4) is 0 Å². The van der Waals surface area contributed by atoms with Crippen LogP contribution in [0.5, 0.6) is 0 Å². The standard InChI is InChI=1S/C21H26N4O2/c1-15(2)21-22-17(14-27-21)12-24-8-9-25-18(13-24)11-19(23-25)20(26)10-16-6-4-3-5-7-16/h3-7,11,14-15,20,26H,8-10,12-13H2,1-2H3. The van der Waals surface area contributed by atoms with E-state index in [0.717, 1.165) is 54.7 Å². The number of rotatable bonds is 6. The highest BCUT2D eigenvalue weighted by molar-refractivity contribution is 5.20. The van der Waals surface area contributed by atoms with Crippen LogP contribution in [-0.2, 0) is 26.1 Å². The largest absolute Gasteiger partial charge is 0.448 e. The minimum atomic E-state index is -0.580. The highest BCUT2D eigenvalue weighted by atomic mass is 16.3. The first-order valence-electron chi connectivity index (χ1n) is 9.54. The van der Waals surface area contributed by atoms with Crippen molar-refractivity contribution in [2.45, 2.75) is 51.9 Å². The summed E-state index contributed by atoms with van der Waals surface area (Å²) in [5.41, 5.74) is 3.97. The molecule has 0 amide bonds. The van der Waals surface area contributed by atoms with Crippen molar-refractivity contribution in [1.82, 2.24) is 19.7 Å². The van der Waals surface area contributed by atoms with Gasteiger partial charge >= 0.3 is 0 Å². The zero-order valence-electron chi connectivity index (χ0n) is 15.9. The molecular weight excluding hydrogens is 340 g/mol. The Morgan fingerprint density at radius 1 is 1.19 bits per heavy atom. The van der Waals surface area contributed by atoms with E-state index in [4.69, 9.17) is 4.42 Å². The maximum atomic E-state index is 10.6.